The van der Waals surface area contributed by atoms with Crippen molar-refractivity contribution in [3.05, 3.63) is 93.0 Å². The van der Waals surface area contributed by atoms with E-state index in [1.807, 2.05) is 37.3 Å². The highest BCUT2D eigenvalue weighted by atomic mass is 35.5. The zero-order valence-electron chi connectivity index (χ0n) is 18.8. The molecule has 6 nitrogen and oxygen atoms in total. The van der Waals surface area contributed by atoms with Crippen LogP contribution in [-0.2, 0) is 24.2 Å². The van der Waals surface area contributed by atoms with E-state index in [0.717, 1.165) is 16.7 Å². The molecule has 3 rings (SSSR count). The highest BCUT2D eigenvalue weighted by molar-refractivity contribution is 6.42. The highest BCUT2D eigenvalue weighted by Crippen LogP contribution is 2.25. The molecule has 3 aromatic carbocycles. The van der Waals surface area contributed by atoms with E-state index < -0.39 is 6.10 Å². The third-order valence-corrected chi connectivity index (χ3v) is 6.08. The summed E-state index contributed by atoms with van der Waals surface area (Å²) in [5.41, 5.74) is 3.29. The number of aromatic hydroxyl groups is 2. The van der Waals surface area contributed by atoms with Gasteiger partial charge in [-0.3, -0.25) is 4.79 Å². The van der Waals surface area contributed by atoms with Crippen LogP contribution in [0.1, 0.15) is 35.3 Å². The maximum atomic E-state index is 12.4. The molecule has 3 aromatic rings. The molecule has 0 radical (unpaired) electrons. The molecule has 1 amide bonds. The molecule has 5 N–H and O–H groups in total. The topological polar surface area (TPSA) is 102 Å². The number of hydrogen-bond donors (Lipinski definition) is 5. The normalized spacial score (nSPS) is 12.8. The summed E-state index contributed by atoms with van der Waals surface area (Å²) in [7, 11) is 0. The number of aliphatic hydroxyl groups is 1. The zero-order valence-corrected chi connectivity index (χ0v) is 20.3. The third-order valence-electron chi connectivity index (χ3n) is 5.34. The van der Waals surface area contributed by atoms with Gasteiger partial charge in [-0.15, -0.1) is 0 Å². The van der Waals surface area contributed by atoms with Crippen molar-refractivity contribution >= 4 is 29.1 Å². The average Bonchev–Trinajstić information content (AvgIpc) is 2.78. The van der Waals surface area contributed by atoms with Crippen LogP contribution < -0.4 is 10.6 Å². The Morgan fingerprint density at radius 2 is 1.62 bits per heavy atom. The van der Waals surface area contributed by atoms with E-state index in [2.05, 4.69) is 10.6 Å². The van der Waals surface area contributed by atoms with Gasteiger partial charge in [-0.25, -0.2) is 0 Å². The lowest BCUT2D eigenvalue weighted by atomic mass is 10.0. The van der Waals surface area contributed by atoms with Gasteiger partial charge in [0.15, 0.2) is 0 Å². The zero-order chi connectivity index (χ0) is 24.7. The Morgan fingerprint density at radius 3 is 2.32 bits per heavy atom. The molecule has 34 heavy (non-hydrogen) atoms. The molecule has 0 heterocycles. The second-order valence-corrected chi connectivity index (χ2v) is 9.15. The Labute approximate surface area is 209 Å². The Balaban J connectivity index is 1.48. The largest absolute Gasteiger partial charge is 0.508 e. The minimum absolute atomic E-state index is 0.0549. The van der Waals surface area contributed by atoms with E-state index in [0.29, 0.717) is 28.6 Å². The maximum Gasteiger partial charge on any atom is 0.224 e. The summed E-state index contributed by atoms with van der Waals surface area (Å²) in [6.07, 6.45) is 0.0963. The summed E-state index contributed by atoms with van der Waals surface area (Å²) in [6, 6.07) is 17.2. The van der Waals surface area contributed by atoms with Crippen LogP contribution in [-0.4, -0.2) is 33.8 Å². The van der Waals surface area contributed by atoms with Crippen molar-refractivity contribution in [3.63, 3.8) is 0 Å². The SMILES string of the molecule is CC(Cc1cccc(CC(=O)NCc2ccc(Cl)c(Cl)c2)c1)NCC(O)c1cc(O)cc(O)c1. The molecule has 0 saturated carbocycles. The summed E-state index contributed by atoms with van der Waals surface area (Å²) in [5, 5.41) is 36.6. The molecule has 0 aliphatic rings. The lowest BCUT2D eigenvalue weighted by Gasteiger charge is -2.18. The molecule has 0 aromatic heterocycles. The quantitative estimate of drug-likeness (QED) is 0.280. The van der Waals surface area contributed by atoms with Gasteiger partial charge in [0.25, 0.3) is 0 Å². The Morgan fingerprint density at radius 1 is 0.912 bits per heavy atom. The average molecular weight is 503 g/mol. The number of carbonyl (C=O) groups is 1. The molecule has 8 heteroatoms. The van der Waals surface area contributed by atoms with Crippen molar-refractivity contribution in [2.75, 3.05) is 6.54 Å². The van der Waals surface area contributed by atoms with Crippen LogP contribution in [0.25, 0.3) is 0 Å². The molecule has 2 unspecified atom stereocenters. The van der Waals surface area contributed by atoms with Gasteiger partial charge >= 0.3 is 0 Å². The van der Waals surface area contributed by atoms with Gasteiger partial charge < -0.3 is 26.0 Å². The van der Waals surface area contributed by atoms with Crippen molar-refractivity contribution in [2.45, 2.75) is 38.5 Å². The van der Waals surface area contributed by atoms with Crippen LogP contribution in [0.15, 0.2) is 60.7 Å². The number of carbonyl (C=O) groups excluding carboxylic acids is 1. The summed E-state index contributed by atoms with van der Waals surface area (Å²) in [5.74, 6) is -0.285. The minimum Gasteiger partial charge on any atom is -0.508 e. The van der Waals surface area contributed by atoms with Crippen LogP contribution in [0, 0.1) is 0 Å². The van der Waals surface area contributed by atoms with E-state index in [9.17, 15) is 20.1 Å². The summed E-state index contributed by atoms with van der Waals surface area (Å²) < 4.78 is 0. The molecule has 0 aliphatic carbocycles. The second kappa shape index (κ2) is 12.1. The predicted molar refractivity (Wildman–Crippen MR) is 134 cm³/mol. The number of phenols is 2. The van der Waals surface area contributed by atoms with Crippen molar-refractivity contribution in [2.24, 2.45) is 0 Å². The smallest absolute Gasteiger partial charge is 0.224 e. The molecular weight excluding hydrogens is 475 g/mol. The summed E-state index contributed by atoms with van der Waals surface area (Å²) in [6.45, 7) is 2.64. The fourth-order valence-electron chi connectivity index (χ4n) is 3.63. The van der Waals surface area contributed by atoms with Crippen molar-refractivity contribution in [1.29, 1.82) is 0 Å². The molecular formula is C26H28Cl2N2O4. The first-order valence-electron chi connectivity index (χ1n) is 10.9. The van der Waals surface area contributed by atoms with Gasteiger partial charge in [0, 0.05) is 25.2 Å². The van der Waals surface area contributed by atoms with E-state index in [-0.39, 0.29) is 36.4 Å². The molecule has 0 aliphatic heterocycles. The standard InChI is InChI=1S/C26H28Cl2N2O4/c1-16(29-15-25(33)20-11-21(31)13-22(32)12-20)7-17-3-2-4-18(8-17)10-26(34)30-14-19-5-6-23(27)24(28)9-19/h2-6,8-9,11-13,16,25,29,31-33H,7,10,14-15H2,1H3,(H,30,34). The molecule has 0 saturated heterocycles. The van der Waals surface area contributed by atoms with Crippen molar-refractivity contribution in [1.82, 2.24) is 10.6 Å². The first-order chi connectivity index (χ1) is 16.2. The Bertz CT molecular complexity index is 1120. The number of nitrogens with one attached hydrogen (secondary N) is 2. The van der Waals surface area contributed by atoms with Gasteiger partial charge in [-0.1, -0.05) is 53.5 Å². The molecule has 0 spiro atoms. The predicted octanol–water partition coefficient (Wildman–Crippen LogP) is 4.52. The number of halogens is 2. The van der Waals surface area contributed by atoms with Gasteiger partial charge in [0.05, 0.1) is 22.6 Å². The maximum absolute atomic E-state index is 12.4. The molecule has 2 atom stereocenters. The van der Waals surface area contributed by atoms with E-state index in [4.69, 9.17) is 23.2 Å². The third kappa shape index (κ3) is 7.92. The first kappa shape index (κ1) is 25.8. The molecule has 0 fully saturated rings. The Hall–Kier alpha value is -2.77. The van der Waals surface area contributed by atoms with Gasteiger partial charge in [-0.2, -0.15) is 0 Å². The number of benzene rings is 3. The number of rotatable bonds is 10. The second-order valence-electron chi connectivity index (χ2n) is 8.33. The fraction of sp³-hybridized carbons (Fsp3) is 0.269. The van der Waals surface area contributed by atoms with Crippen LogP contribution in [0.3, 0.4) is 0 Å². The van der Waals surface area contributed by atoms with Gasteiger partial charge in [0.1, 0.15) is 11.5 Å². The van der Waals surface area contributed by atoms with Crippen LogP contribution in [0.4, 0.5) is 0 Å². The monoisotopic (exact) mass is 502 g/mol. The minimum atomic E-state index is -0.869. The summed E-state index contributed by atoms with van der Waals surface area (Å²) in [4.78, 5) is 12.4. The van der Waals surface area contributed by atoms with Crippen molar-refractivity contribution < 1.29 is 20.1 Å². The van der Waals surface area contributed by atoms with E-state index in [1.165, 1.54) is 18.2 Å². The van der Waals surface area contributed by atoms with Crippen LogP contribution in [0.5, 0.6) is 11.5 Å². The highest BCUT2D eigenvalue weighted by Gasteiger charge is 2.13. The molecule has 0 bridgehead atoms. The summed E-state index contributed by atoms with van der Waals surface area (Å²) >= 11 is 11.9. The molecule has 180 valence electrons. The van der Waals surface area contributed by atoms with Crippen LogP contribution >= 0.6 is 23.2 Å². The van der Waals surface area contributed by atoms with E-state index in [1.54, 1.807) is 12.1 Å². The Kier molecular flexibility index (Phi) is 9.19. The van der Waals surface area contributed by atoms with Gasteiger partial charge in [0.2, 0.25) is 5.91 Å². The number of amides is 1. The van der Waals surface area contributed by atoms with Gasteiger partial charge in [-0.05, 0) is 59.9 Å². The first-order valence-corrected chi connectivity index (χ1v) is 11.7. The fourth-order valence-corrected chi connectivity index (χ4v) is 3.95. The number of hydrogen-bond acceptors (Lipinski definition) is 5. The number of aliphatic hydroxyl groups excluding tert-OH is 1. The lowest BCUT2D eigenvalue weighted by molar-refractivity contribution is -0.120. The lowest BCUT2D eigenvalue weighted by Crippen LogP contribution is -2.32. The number of phenolic OH excluding ortho intramolecular Hbond substituents is 2. The van der Waals surface area contributed by atoms with Crippen LogP contribution in [0.2, 0.25) is 10.0 Å². The van der Waals surface area contributed by atoms with E-state index >= 15 is 0 Å². The van der Waals surface area contributed by atoms with Crippen molar-refractivity contribution in [3.8, 4) is 11.5 Å².